The number of nitrogens with zero attached hydrogens (tertiary/aromatic N) is 1. The van der Waals surface area contributed by atoms with Crippen molar-refractivity contribution in [1.82, 2.24) is 15.5 Å². The van der Waals surface area contributed by atoms with Gasteiger partial charge in [-0.2, -0.15) is 18.3 Å². The quantitative estimate of drug-likeness (QED) is 0.640. The maximum Gasteiger partial charge on any atom is 0.432 e. The van der Waals surface area contributed by atoms with Crippen LogP contribution >= 0.6 is 11.6 Å². The molecule has 2 aromatic rings. The molecule has 1 aromatic carbocycles. The van der Waals surface area contributed by atoms with Crippen LogP contribution in [0.25, 0.3) is 11.3 Å². The minimum absolute atomic E-state index is 0.0560. The van der Waals surface area contributed by atoms with Crippen molar-refractivity contribution in [1.29, 1.82) is 0 Å². The van der Waals surface area contributed by atoms with E-state index in [1.807, 2.05) is 5.10 Å². The van der Waals surface area contributed by atoms with E-state index in [4.69, 9.17) is 11.6 Å². The van der Waals surface area contributed by atoms with Gasteiger partial charge in [-0.05, 0) is 31.0 Å². The maximum atomic E-state index is 12.8. The number of amides is 1. The number of aromatic nitrogens is 2. The van der Waals surface area contributed by atoms with Gasteiger partial charge >= 0.3 is 6.18 Å². The molecule has 28 heavy (non-hydrogen) atoms. The average Bonchev–Trinajstić information content (AvgIpc) is 3.04. The fourth-order valence-electron chi connectivity index (χ4n) is 3.38. The van der Waals surface area contributed by atoms with E-state index in [0.29, 0.717) is 18.4 Å². The van der Waals surface area contributed by atoms with E-state index in [9.17, 15) is 23.1 Å². The van der Waals surface area contributed by atoms with Crippen molar-refractivity contribution in [2.75, 3.05) is 6.54 Å². The first-order chi connectivity index (χ1) is 13.2. The number of H-pyrrole nitrogens is 1. The van der Waals surface area contributed by atoms with Crippen LogP contribution in [0.2, 0.25) is 5.02 Å². The standard InChI is InChI=1S/C19H21ClF3N3O2/c20-14-6-5-12(15-10-16(26-25-15)19(21,22)23)9-13(14)17(27)24-11-18(28)7-3-1-2-4-8-18/h5-6,9-10,28H,1-4,7-8,11H2,(H,24,27)(H,25,26). The predicted octanol–water partition coefficient (Wildman–Crippen LogP) is 4.56. The summed E-state index contributed by atoms with van der Waals surface area (Å²) >= 11 is 6.11. The van der Waals surface area contributed by atoms with Crippen molar-refractivity contribution in [3.8, 4) is 11.3 Å². The molecule has 1 heterocycles. The van der Waals surface area contributed by atoms with Crippen LogP contribution in [-0.2, 0) is 6.18 Å². The molecule has 1 fully saturated rings. The molecule has 5 nitrogen and oxygen atoms in total. The molecule has 0 aliphatic heterocycles. The monoisotopic (exact) mass is 415 g/mol. The van der Waals surface area contributed by atoms with Gasteiger partial charge in [0.1, 0.15) is 5.69 Å². The van der Waals surface area contributed by atoms with Crippen molar-refractivity contribution >= 4 is 17.5 Å². The third-order valence-electron chi connectivity index (χ3n) is 5.00. The summed E-state index contributed by atoms with van der Waals surface area (Å²) in [4.78, 5) is 12.6. The number of hydrogen-bond donors (Lipinski definition) is 3. The van der Waals surface area contributed by atoms with Gasteiger partial charge in [-0.15, -0.1) is 0 Å². The van der Waals surface area contributed by atoms with Gasteiger partial charge in [0.2, 0.25) is 0 Å². The van der Waals surface area contributed by atoms with E-state index in [2.05, 4.69) is 10.4 Å². The second kappa shape index (κ2) is 8.13. The van der Waals surface area contributed by atoms with Crippen molar-refractivity contribution in [2.24, 2.45) is 0 Å². The van der Waals surface area contributed by atoms with E-state index in [1.165, 1.54) is 18.2 Å². The topological polar surface area (TPSA) is 78.0 Å². The van der Waals surface area contributed by atoms with E-state index in [0.717, 1.165) is 31.7 Å². The number of carbonyl (C=O) groups is 1. The molecule has 0 spiro atoms. The van der Waals surface area contributed by atoms with Crippen LogP contribution in [0.15, 0.2) is 24.3 Å². The first-order valence-electron chi connectivity index (χ1n) is 9.11. The molecule has 152 valence electrons. The largest absolute Gasteiger partial charge is 0.432 e. The number of rotatable bonds is 4. The number of aliphatic hydroxyl groups is 1. The third kappa shape index (κ3) is 4.86. The molecule has 1 amide bonds. The highest BCUT2D eigenvalue weighted by molar-refractivity contribution is 6.34. The van der Waals surface area contributed by atoms with Gasteiger partial charge in [0.15, 0.2) is 0 Å². The Morgan fingerprint density at radius 1 is 1.21 bits per heavy atom. The number of nitrogens with one attached hydrogen (secondary N) is 2. The van der Waals surface area contributed by atoms with Gasteiger partial charge in [0.25, 0.3) is 5.91 Å². The summed E-state index contributed by atoms with van der Waals surface area (Å²) in [5.74, 6) is -0.490. The Bertz CT molecular complexity index is 843. The first-order valence-corrected chi connectivity index (χ1v) is 9.49. The Hall–Kier alpha value is -2.06. The molecule has 1 saturated carbocycles. The molecule has 1 aliphatic rings. The van der Waals surface area contributed by atoms with Crippen LogP contribution in [0, 0.1) is 0 Å². The lowest BCUT2D eigenvalue weighted by atomic mass is 9.94. The van der Waals surface area contributed by atoms with Crippen molar-refractivity contribution in [3.05, 3.63) is 40.5 Å². The number of carbonyl (C=O) groups excluding carboxylic acids is 1. The third-order valence-corrected chi connectivity index (χ3v) is 5.33. The number of benzene rings is 1. The van der Waals surface area contributed by atoms with E-state index in [1.54, 1.807) is 0 Å². The lowest BCUT2D eigenvalue weighted by Gasteiger charge is -2.26. The van der Waals surface area contributed by atoms with Crippen LogP contribution in [0.4, 0.5) is 13.2 Å². The number of alkyl halides is 3. The number of aromatic amines is 1. The van der Waals surface area contributed by atoms with E-state index in [-0.39, 0.29) is 22.8 Å². The molecule has 1 aromatic heterocycles. The highest BCUT2D eigenvalue weighted by atomic mass is 35.5. The smallest absolute Gasteiger partial charge is 0.388 e. The zero-order valence-electron chi connectivity index (χ0n) is 15.1. The van der Waals surface area contributed by atoms with Gasteiger partial charge in [-0.3, -0.25) is 9.89 Å². The fraction of sp³-hybridized carbons (Fsp3) is 0.474. The molecule has 0 saturated heterocycles. The van der Waals surface area contributed by atoms with Crippen LogP contribution < -0.4 is 5.32 Å². The molecule has 1 aliphatic carbocycles. The van der Waals surface area contributed by atoms with Gasteiger partial charge < -0.3 is 10.4 Å². The Labute approximate surface area is 165 Å². The Morgan fingerprint density at radius 3 is 2.50 bits per heavy atom. The second-order valence-electron chi connectivity index (χ2n) is 7.18. The fourth-order valence-corrected chi connectivity index (χ4v) is 3.58. The summed E-state index contributed by atoms with van der Waals surface area (Å²) in [6, 6.07) is 5.20. The SMILES string of the molecule is O=C(NCC1(O)CCCCCC1)c1cc(-c2cc(C(F)(F)F)[nH]n2)ccc1Cl. The van der Waals surface area contributed by atoms with Crippen molar-refractivity contribution in [2.45, 2.75) is 50.3 Å². The average molecular weight is 416 g/mol. The normalized spacial score (nSPS) is 17.2. The van der Waals surface area contributed by atoms with Crippen LogP contribution in [0.3, 0.4) is 0 Å². The van der Waals surface area contributed by atoms with Gasteiger partial charge in [-0.25, -0.2) is 0 Å². The van der Waals surface area contributed by atoms with E-state index < -0.39 is 23.4 Å². The molecule has 3 N–H and O–H groups in total. The highest BCUT2D eigenvalue weighted by Gasteiger charge is 2.33. The summed E-state index contributed by atoms with van der Waals surface area (Å²) in [5.41, 5.74) is -1.41. The summed E-state index contributed by atoms with van der Waals surface area (Å²) in [6.45, 7) is 0.104. The van der Waals surface area contributed by atoms with Gasteiger partial charge in [-0.1, -0.05) is 43.4 Å². The summed E-state index contributed by atoms with van der Waals surface area (Å²) in [7, 11) is 0. The van der Waals surface area contributed by atoms with Crippen LogP contribution in [0.1, 0.15) is 54.6 Å². The number of hydrogen-bond acceptors (Lipinski definition) is 3. The highest BCUT2D eigenvalue weighted by Crippen LogP contribution is 2.31. The van der Waals surface area contributed by atoms with Gasteiger partial charge in [0, 0.05) is 12.1 Å². The molecule has 3 rings (SSSR count). The van der Waals surface area contributed by atoms with Crippen LogP contribution in [-0.4, -0.2) is 33.4 Å². The zero-order chi connectivity index (χ0) is 20.4. The molecule has 0 bridgehead atoms. The predicted molar refractivity (Wildman–Crippen MR) is 99.0 cm³/mol. The first kappa shape index (κ1) is 20.7. The second-order valence-corrected chi connectivity index (χ2v) is 7.59. The van der Waals surface area contributed by atoms with Crippen molar-refractivity contribution in [3.63, 3.8) is 0 Å². The summed E-state index contributed by atoms with van der Waals surface area (Å²) < 4.78 is 38.3. The molecular formula is C19H21ClF3N3O2. The van der Waals surface area contributed by atoms with Crippen molar-refractivity contribution < 1.29 is 23.1 Å². The minimum atomic E-state index is -4.54. The summed E-state index contributed by atoms with van der Waals surface area (Å²) in [6.07, 6.45) is 0.642. The van der Waals surface area contributed by atoms with Gasteiger partial charge in [0.05, 0.1) is 21.9 Å². The minimum Gasteiger partial charge on any atom is -0.388 e. The Kier molecular flexibility index (Phi) is 6.00. The Morgan fingerprint density at radius 2 is 1.89 bits per heavy atom. The maximum absolute atomic E-state index is 12.8. The zero-order valence-corrected chi connectivity index (χ0v) is 15.8. The molecule has 9 heteroatoms. The van der Waals surface area contributed by atoms with E-state index >= 15 is 0 Å². The molecule has 0 atom stereocenters. The Balaban J connectivity index is 1.75. The molecule has 0 unspecified atom stereocenters. The molecular weight excluding hydrogens is 395 g/mol. The molecule has 0 radical (unpaired) electrons. The number of halogens is 4. The van der Waals surface area contributed by atoms with Crippen LogP contribution in [0.5, 0.6) is 0 Å². The lowest BCUT2D eigenvalue weighted by Crippen LogP contribution is -2.42. The summed E-state index contributed by atoms with van der Waals surface area (Å²) in [5, 5.41) is 19.1. The lowest BCUT2D eigenvalue weighted by molar-refractivity contribution is -0.141.